The molecule has 8 nitrogen and oxygen atoms in total. The van der Waals surface area contributed by atoms with Crippen molar-refractivity contribution in [3.05, 3.63) is 47.7 Å². The molecule has 2 aliphatic rings. The Morgan fingerprint density at radius 3 is 2.53 bits per heavy atom. The van der Waals surface area contributed by atoms with Crippen molar-refractivity contribution in [2.75, 3.05) is 14.2 Å². The van der Waals surface area contributed by atoms with Crippen LogP contribution in [0.2, 0.25) is 0 Å². The van der Waals surface area contributed by atoms with Gasteiger partial charge in [-0.25, -0.2) is 0 Å². The number of furan rings is 1. The van der Waals surface area contributed by atoms with Crippen LogP contribution in [0.5, 0.6) is 23.0 Å². The quantitative estimate of drug-likeness (QED) is 0.606. The van der Waals surface area contributed by atoms with Gasteiger partial charge in [0.05, 0.1) is 37.4 Å². The molecular weight excluding hydrogens is 392 g/mol. The summed E-state index contributed by atoms with van der Waals surface area (Å²) in [7, 11) is 3.01. The standard InChI is InChI=1S/C22H18O8/c1-10(23)28-22-21-18(13-8-16(25-2)17(26-3)9-15(13)29-22)19(24)12-4-5-14-11(6-7-27-14)20(12)30-21/h4-9,18,21-22H,1-3H3/t18-,21+,22+/m1/s1. The molecule has 2 aliphatic heterocycles. The highest BCUT2D eigenvalue weighted by molar-refractivity contribution is 6.09. The van der Waals surface area contributed by atoms with Crippen molar-refractivity contribution in [2.24, 2.45) is 0 Å². The Morgan fingerprint density at radius 2 is 1.80 bits per heavy atom. The lowest BCUT2D eigenvalue weighted by Crippen LogP contribution is -2.51. The number of rotatable bonds is 3. The molecule has 3 heterocycles. The highest BCUT2D eigenvalue weighted by atomic mass is 16.7. The van der Waals surface area contributed by atoms with Crippen LogP contribution < -0.4 is 18.9 Å². The third-order valence-electron chi connectivity index (χ3n) is 5.36. The average molecular weight is 410 g/mol. The first-order chi connectivity index (χ1) is 14.5. The highest BCUT2D eigenvalue weighted by Gasteiger charge is 2.50. The van der Waals surface area contributed by atoms with Crippen molar-refractivity contribution in [1.82, 2.24) is 0 Å². The van der Waals surface area contributed by atoms with Gasteiger partial charge in [0.15, 0.2) is 23.4 Å². The van der Waals surface area contributed by atoms with E-state index in [9.17, 15) is 9.59 Å². The fraction of sp³-hybridized carbons (Fsp3) is 0.273. The summed E-state index contributed by atoms with van der Waals surface area (Å²) in [5, 5.41) is 0.666. The normalized spacial score (nSPS) is 21.6. The van der Waals surface area contributed by atoms with E-state index in [1.165, 1.54) is 27.4 Å². The van der Waals surface area contributed by atoms with Gasteiger partial charge in [0.1, 0.15) is 17.1 Å². The second kappa shape index (κ2) is 6.69. The Kier molecular flexibility index (Phi) is 4.09. The number of hydrogen-bond acceptors (Lipinski definition) is 8. The summed E-state index contributed by atoms with van der Waals surface area (Å²) in [5.74, 6) is 0.163. The zero-order chi connectivity index (χ0) is 21.0. The van der Waals surface area contributed by atoms with Crippen molar-refractivity contribution in [3.8, 4) is 23.0 Å². The number of fused-ring (bicyclic) bond motifs is 6. The van der Waals surface area contributed by atoms with Crippen LogP contribution in [-0.2, 0) is 9.53 Å². The maximum Gasteiger partial charge on any atom is 0.305 e. The van der Waals surface area contributed by atoms with E-state index in [0.717, 1.165) is 0 Å². The van der Waals surface area contributed by atoms with Crippen molar-refractivity contribution in [3.63, 3.8) is 0 Å². The van der Waals surface area contributed by atoms with Gasteiger partial charge in [-0.05, 0) is 24.3 Å². The molecule has 0 unspecified atom stereocenters. The predicted octanol–water partition coefficient (Wildman–Crippen LogP) is 3.46. The number of hydrogen-bond donors (Lipinski definition) is 0. The van der Waals surface area contributed by atoms with E-state index < -0.39 is 24.3 Å². The van der Waals surface area contributed by atoms with Crippen LogP contribution in [0.3, 0.4) is 0 Å². The van der Waals surface area contributed by atoms with Gasteiger partial charge >= 0.3 is 5.97 Å². The van der Waals surface area contributed by atoms with Crippen molar-refractivity contribution in [1.29, 1.82) is 0 Å². The van der Waals surface area contributed by atoms with Crippen LogP contribution in [0, 0.1) is 0 Å². The van der Waals surface area contributed by atoms with Crippen LogP contribution in [0.25, 0.3) is 11.0 Å². The van der Waals surface area contributed by atoms with Crippen LogP contribution in [-0.4, -0.2) is 38.4 Å². The molecule has 3 atom stereocenters. The lowest BCUT2D eigenvalue weighted by Gasteiger charge is -2.41. The molecule has 0 fully saturated rings. The highest BCUT2D eigenvalue weighted by Crippen LogP contribution is 2.49. The third-order valence-corrected chi connectivity index (χ3v) is 5.36. The fourth-order valence-corrected chi connectivity index (χ4v) is 4.06. The summed E-state index contributed by atoms with van der Waals surface area (Å²) in [6.45, 7) is 1.27. The second-order valence-corrected chi connectivity index (χ2v) is 7.04. The third kappa shape index (κ3) is 2.60. The van der Waals surface area contributed by atoms with Crippen LogP contribution in [0.15, 0.2) is 41.0 Å². The van der Waals surface area contributed by atoms with Gasteiger partial charge in [-0.2, -0.15) is 0 Å². The van der Waals surface area contributed by atoms with E-state index in [2.05, 4.69) is 0 Å². The Morgan fingerprint density at radius 1 is 1.03 bits per heavy atom. The zero-order valence-electron chi connectivity index (χ0n) is 16.5. The molecule has 3 aromatic rings. The molecule has 0 spiro atoms. The van der Waals surface area contributed by atoms with Crippen LogP contribution in [0.1, 0.15) is 28.8 Å². The molecule has 0 amide bonds. The van der Waals surface area contributed by atoms with Gasteiger partial charge < -0.3 is 28.1 Å². The minimum absolute atomic E-state index is 0.168. The van der Waals surface area contributed by atoms with E-state index in [0.29, 0.717) is 45.1 Å². The van der Waals surface area contributed by atoms with Gasteiger partial charge in [-0.15, -0.1) is 0 Å². The molecule has 8 heteroatoms. The fourth-order valence-electron chi connectivity index (χ4n) is 4.06. The molecule has 154 valence electrons. The van der Waals surface area contributed by atoms with Crippen LogP contribution in [0.4, 0.5) is 0 Å². The topological polar surface area (TPSA) is 93.4 Å². The zero-order valence-corrected chi connectivity index (χ0v) is 16.5. The summed E-state index contributed by atoms with van der Waals surface area (Å²) in [4.78, 5) is 25.3. The van der Waals surface area contributed by atoms with E-state index in [-0.39, 0.29) is 5.78 Å². The molecule has 5 rings (SSSR count). The monoisotopic (exact) mass is 410 g/mol. The van der Waals surface area contributed by atoms with Crippen molar-refractivity contribution >= 4 is 22.7 Å². The molecule has 0 saturated heterocycles. The first-order valence-electron chi connectivity index (χ1n) is 9.32. The summed E-state index contributed by atoms with van der Waals surface area (Å²) in [6.07, 6.45) is -0.463. The van der Waals surface area contributed by atoms with Crippen molar-refractivity contribution < 1.29 is 37.7 Å². The number of esters is 1. The summed E-state index contributed by atoms with van der Waals surface area (Å²) in [5.41, 5.74) is 1.59. The largest absolute Gasteiger partial charge is 0.493 e. The van der Waals surface area contributed by atoms with Gasteiger partial charge in [0, 0.05) is 18.6 Å². The summed E-state index contributed by atoms with van der Waals surface area (Å²) in [6, 6.07) is 8.44. The van der Waals surface area contributed by atoms with Gasteiger partial charge in [-0.1, -0.05) is 0 Å². The Labute approximate surface area is 171 Å². The smallest absolute Gasteiger partial charge is 0.305 e. The number of carbonyl (C=O) groups excluding carboxylic acids is 2. The second-order valence-electron chi connectivity index (χ2n) is 7.04. The number of carbonyl (C=O) groups is 2. The molecule has 0 N–H and O–H groups in total. The molecule has 1 aromatic heterocycles. The van der Waals surface area contributed by atoms with E-state index in [1.807, 2.05) is 0 Å². The summed E-state index contributed by atoms with van der Waals surface area (Å²) < 4.78 is 33.7. The van der Waals surface area contributed by atoms with Gasteiger partial charge in [0.2, 0.25) is 0 Å². The molecule has 2 aromatic carbocycles. The maximum absolute atomic E-state index is 13.6. The Bertz CT molecular complexity index is 1180. The molecule has 0 radical (unpaired) electrons. The number of benzene rings is 2. The van der Waals surface area contributed by atoms with Crippen molar-refractivity contribution in [2.45, 2.75) is 25.2 Å². The van der Waals surface area contributed by atoms with E-state index >= 15 is 0 Å². The number of ether oxygens (including phenoxy) is 5. The predicted molar refractivity (Wildman–Crippen MR) is 103 cm³/mol. The SMILES string of the molecule is COc1cc2c(cc1OC)[C@@H]1C(=O)c3ccc4occc4c3O[C@@H]1[C@@H](OC(C)=O)O2. The van der Waals surface area contributed by atoms with E-state index in [1.54, 1.807) is 30.3 Å². The van der Waals surface area contributed by atoms with Gasteiger partial charge in [0.25, 0.3) is 6.29 Å². The molecule has 0 bridgehead atoms. The lowest BCUT2D eigenvalue weighted by molar-refractivity contribution is -0.179. The number of Topliss-reactive ketones (excluding diaryl/α,β-unsaturated/α-hetero) is 1. The lowest BCUT2D eigenvalue weighted by atomic mass is 9.81. The van der Waals surface area contributed by atoms with E-state index in [4.69, 9.17) is 28.1 Å². The first kappa shape index (κ1) is 18.4. The summed E-state index contributed by atoms with van der Waals surface area (Å²) >= 11 is 0. The number of ketones is 1. The molecule has 30 heavy (non-hydrogen) atoms. The minimum Gasteiger partial charge on any atom is -0.493 e. The molecular formula is C22H18O8. The Balaban J connectivity index is 1.70. The van der Waals surface area contributed by atoms with Gasteiger partial charge in [-0.3, -0.25) is 9.59 Å². The Hall–Kier alpha value is -3.68. The average Bonchev–Trinajstić information content (AvgIpc) is 3.22. The first-order valence-corrected chi connectivity index (χ1v) is 9.32. The minimum atomic E-state index is -1.11. The molecule has 0 saturated carbocycles. The molecule has 0 aliphatic carbocycles. The maximum atomic E-state index is 13.6. The van der Waals surface area contributed by atoms with Crippen LogP contribution >= 0.6 is 0 Å². The number of methoxy groups -OCH3 is 2.